The smallest absolute Gasteiger partial charge is 0.221 e. The van der Waals surface area contributed by atoms with E-state index in [0.29, 0.717) is 151 Å². The van der Waals surface area contributed by atoms with Crippen LogP contribution in [0, 0.1) is 0 Å². The van der Waals surface area contributed by atoms with Crippen molar-refractivity contribution in [2.24, 2.45) is 12.8 Å². The molecule has 4 aromatic carbocycles. The molecule has 0 amide bonds. The van der Waals surface area contributed by atoms with Crippen molar-refractivity contribution < 1.29 is 37.9 Å². The summed E-state index contributed by atoms with van der Waals surface area (Å²) in [4.78, 5) is 79.1. The molecule has 4 fully saturated rings. The topological polar surface area (TPSA) is 450 Å². The Balaban J connectivity index is 0.000000132. The summed E-state index contributed by atoms with van der Waals surface area (Å²) < 4.78 is 52.3. The number of nitrogens with two attached hydrogens (primary N) is 3. The lowest BCUT2D eigenvalue weighted by Gasteiger charge is -2.26. The second kappa shape index (κ2) is 48.9. The van der Waals surface area contributed by atoms with Gasteiger partial charge in [0.15, 0.2) is 63.4 Å². The Hall–Kier alpha value is -12.1. The summed E-state index contributed by atoms with van der Waals surface area (Å²) in [5.74, 6) is 6.17. The number of aryl methyl sites for hydroxylation is 3. The number of nitrogens with zero attached hydrogens (tertiary/aromatic N) is 28. The fourth-order valence-corrected chi connectivity index (χ4v) is 15.3. The standard InChI is InChI=1S/C25H26N10O2.C22H25BrN6O2.C21H21BrN8O2.C17H22N4O2.C4H3Br2N3/c1-33-17-20(12-29-33)22-15-28-24-25(30-22)35(32-31-24)16-18-3-2-4-19(11-18)23-26-13-21(14-27-23)37-10-7-34-5-8-36-9-6-34;23-20-15-25-21(24)19(28-20)5-4-16-2-1-3-17(12-16)22-26-13-18(14-27-22)31-11-8-29-6-9-30-10-7-29;22-18-13-25-20-21(26-18)30(28-27-20)14-15-2-1-3-16(10-15)19-23-11-17(12-24-19)32-9-6-29-4-7-31-8-5-29;18-11-14-2-1-3-15(10-14)17-19-12-16(13-20-17)23-9-6-21-4-7-22-8-5-21;5-2-1-8-4(7)3(6)9-2/h2-4,11-15,17H,5-10,16H2,1H3;1-3,12-15H,4-11H2,(H2,24,25);1-3,10-13H,4-9,14H2;1-3,10,12-13H,4-9,11,18H2;1H,(H2,7,8). The van der Waals surface area contributed by atoms with Crippen molar-refractivity contribution in [3.05, 3.63) is 230 Å². The van der Waals surface area contributed by atoms with Crippen molar-refractivity contribution in [2.45, 2.75) is 32.5 Å². The molecule has 19 rings (SSSR count). The van der Waals surface area contributed by atoms with Crippen LogP contribution in [0.1, 0.15) is 27.9 Å². The summed E-state index contributed by atoms with van der Waals surface area (Å²) >= 11 is 12.9. The van der Waals surface area contributed by atoms with Gasteiger partial charge in [-0.3, -0.25) is 24.3 Å². The first-order valence-corrected chi connectivity index (χ1v) is 45.9. The molecule has 0 radical (unpaired) electrons. The highest BCUT2D eigenvalue weighted by atomic mass is 79.9. The molecule has 0 bridgehead atoms. The summed E-state index contributed by atoms with van der Waals surface area (Å²) in [6.07, 6.45) is 25.4. The summed E-state index contributed by atoms with van der Waals surface area (Å²) in [7, 11) is 1.87. The van der Waals surface area contributed by atoms with Crippen molar-refractivity contribution >= 4 is 97.9 Å². The number of fused-ring (bicyclic) bond motifs is 2. The number of ether oxygens (including phenoxy) is 8. The van der Waals surface area contributed by atoms with Gasteiger partial charge in [0.1, 0.15) is 50.7 Å². The summed E-state index contributed by atoms with van der Waals surface area (Å²) in [5.41, 5.74) is 29.6. The van der Waals surface area contributed by atoms with Crippen molar-refractivity contribution in [1.29, 1.82) is 0 Å². The fraction of sp³-hybridized carbons (Fsp3) is 0.337. The molecule has 4 aliphatic heterocycles. The average Bonchev–Trinajstić information content (AvgIpc) is 1.65. The minimum absolute atomic E-state index is 0.401. The second-order valence-corrected chi connectivity index (χ2v) is 33.4. The Morgan fingerprint density at radius 1 is 0.364 bits per heavy atom. The number of hydrogen-bond acceptors (Lipinski definition) is 36. The van der Waals surface area contributed by atoms with Crippen LogP contribution in [-0.2, 0) is 58.5 Å². The van der Waals surface area contributed by atoms with Crippen LogP contribution in [0.5, 0.6) is 23.0 Å². The third-order valence-electron chi connectivity index (χ3n) is 20.9. The normalized spacial score (nSPS) is 14.3. The number of hydrogen-bond donors (Lipinski definition) is 3. The Morgan fingerprint density at radius 2 is 0.720 bits per heavy atom. The minimum atomic E-state index is 0.401. The van der Waals surface area contributed by atoms with E-state index in [9.17, 15) is 0 Å². The van der Waals surface area contributed by atoms with E-state index in [4.69, 9.17) is 60.1 Å². The molecule has 4 saturated heterocycles. The monoisotopic (exact) mass is 2040 g/mol. The van der Waals surface area contributed by atoms with E-state index in [1.807, 2.05) is 98.2 Å². The van der Waals surface area contributed by atoms with Gasteiger partial charge in [-0.1, -0.05) is 83.2 Å². The number of halogens is 4. The van der Waals surface area contributed by atoms with Crippen LogP contribution in [0.3, 0.4) is 0 Å². The molecule has 15 aromatic rings. The summed E-state index contributed by atoms with van der Waals surface area (Å²) in [6.45, 7) is 21.4. The lowest BCUT2D eigenvalue weighted by Crippen LogP contribution is -2.38. The SMILES string of the molecule is Brc1cnc2nnn(Cc3cccc(-c4ncc(OCCN5CCOCC5)cn4)c3)c2n1.Cn1cc(-c2cnc3nnn(Cc4cccc(-c5ncc(OCCN6CCOCC6)cn5)c4)c3n2)cn1.NCc1cccc(-c2ncc(OCCN3CCOCC3)cn2)c1.Nc1ncc(Br)nc1Br.Nc1ncc(Br)nc1CCc1cccc(-c2ncc(OCCN3CCOCC3)cn2)c1. The molecule has 0 saturated carbocycles. The van der Waals surface area contributed by atoms with Gasteiger partial charge in [0, 0.05) is 126 Å². The second-order valence-electron chi connectivity index (χ2n) is 30.2. The maximum atomic E-state index is 5.93. The molecule has 132 heavy (non-hydrogen) atoms. The molecule has 15 heterocycles. The summed E-state index contributed by atoms with van der Waals surface area (Å²) in [6, 6.07) is 32.2. The van der Waals surface area contributed by atoms with E-state index >= 15 is 0 Å². The number of morpholine rings is 4. The number of anilines is 2. The molecule has 6 N–H and O–H groups in total. The van der Waals surface area contributed by atoms with Gasteiger partial charge in [-0.05, 0) is 123 Å². The van der Waals surface area contributed by atoms with Crippen LogP contribution < -0.4 is 36.1 Å². The Bertz CT molecular complexity index is 6140. The van der Waals surface area contributed by atoms with Gasteiger partial charge in [0.25, 0.3) is 0 Å². The van der Waals surface area contributed by atoms with E-state index in [0.717, 1.165) is 199 Å². The molecular weight excluding hydrogens is 1950 g/mol. The molecule has 0 unspecified atom stereocenters. The third-order valence-corrected chi connectivity index (χ3v) is 22.7. The molecular formula is C89H97Br4N31O8. The maximum Gasteiger partial charge on any atom is 0.221 e. The highest BCUT2D eigenvalue weighted by Crippen LogP contribution is 2.27. The molecule has 0 atom stereocenters. The van der Waals surface area contributed by atoms with Gasteiger partial charge in [-0.2, -0.15) is 5.10 Å². The van der Waals surface area contributed by atoms with Crippen molar-refractivity contribution in [2.75, 3.05) is 169 Å². The van der Waals surface area contributed by atoms with Crippen LogP contribution in [-0.4, -0.2) is 297 Å². The quantitative estimate of drug-likeness (QED) is 0.0392. The van der Waals surface area contributed by atoms with Crippen LogP contribution in [0.25, 0.3) is 79.4 Å². The van der Waals surface area contributed by atoms with E-state index in [2.05, 4.69) is 196 Å². The van der Waals surface area contributed by atoms with Crippen LogP contribution in [0.4, 0.5) is 11.6 Å². The van der Waals surface area contributed by atoms with E-state index in [1.165, 1.54) is 0 Å². The molecule has 39 nitrogen and oxygen atoms in total. The van der Waals surface area contributed by atoms with Gasteiger partial charge < -0.3 is 55.1 Å². The van der Waals surface area contributed by atoms with E-state index in [1.54, 1.807) is 94.6 Å². The van der Waals surface area contributed by atoms with Crippen LogP contribution in [0.15, 0.2) is 202 Å². The predicted octanol–water partition coefficient (Wildman–Crippen LogP) is 9.71. The van der Waals surface area contributed by atoms with Crippen molar-refractivity contribution in [1.82, 2.24) is 139 Å². The first-order chi connectivity index (χ1) is 64.7. The first kappa shape index (κ1) is 94.5. The van der Waals surface area contributed by atoms with Gasteiger partial charge in [0.05, 0.1) is 158 Å². The minimum Gasteiger partial charge on any atom is -0.489 e. The molecule has 684 valence electrons. The number of benzene rings is 4. The predicted molar refractivity (Wildman–Crippen MR) is 507 cm³/mol. The molecule has 11 aromatic heterocycles. The Morgan fingerprint density at radius 3 is 1.11 bits per heavy atom. The molecule has 0 aliphatic carbocycles. The molecule has 43 heteroatoms. The zero-order valence-electron chi connectivity index (χ0n) is 72.4. The maximum absolute atomic E-state index is 5.93. The highest BCUT2D eigenvalue weighted by molar-refractivity contribution is 9.11. The first-order valence-electron chi connectivity index (χ1n) is 42.7. The lowest BCUT2D eigenvalue weighted by atomic mass is 10.0. The van der Waals surface area contributed by atoms with Gasteiger partial charge in [-0.15, -0.1) is 10.2 Å². The number of aromatic nitrogens is 24. The zero-order chi connectivity index (χ0) is 91.0. The van der Waals surface area contributed by atoms with E-state index < -0.39 is 0 Å². The lowest BCUT2D eigenvalue weighted by molar-refractivity contribution is 0.0321. The number of nitrogen functional groups attached to an aromatic ring is 2. The Labute approximate surface area is 794 Å². The van der Waals surface area contributed by atoms with Crippen molar-refractivity contribution in [3.8, 4) is 79.8 Å². The molecule has 0 spiro atoms. The number of rotatable bonds is 29. The van der Waals surface area contributed by atoms with Crippen LogP contribution >= 0.6 is 63.7 Å². The summed E-state index contributed by atoms with van der Waals surface area (Å²) in [5, 5.41) is 20.9. The van der Waals surface area contributed by atoms with Gasteiger partial charge >= 0.3 is 0 Å². The zero-order valence-corrected chi connectivity index (χ0v) is 78.7. The third kappa shape index (κ3) is 28.5. The average molecular weight is 2050 g/mol. The largest absolute Gasteiger partial charge is 0.489 e. The van der Waals surface area contributed by atoms with Crippen molar-refractivity contribution in [3.63, 3.8) is 0 Å². The van der Waals surface area contributed by atoms with Gasteiger partial charge in [0.2, 0.25) is 11.3 Å². The molecule has 4 aliphatic rings. The van der Waals surface area contributed by atoms with Crippen LogP contribution in [0.2, 0.25) is 0 Å². The highest BCUT2D eigenvalue weighted by Gasteiger charge is 2.20. The van der Waals surface area contributed by atoms with E-state index in [-0.39, 0.29) is 0 Å². The Kier molecular flexibility index (Phi) is 35.0. The van der Waals surface area contributed by atoms with Gasteiger partial charge in [-0.25, -0.2) is 89.1 Å². The fourth-order valence-electron chi connectivity index (χ4n) is 13.9.